The first-order valence-corrected chi connectivity index (χ1v) is 9.50. The second kappa shape index (κ2) is 8.99. The number of aryl methyl sites for hydroxylation is 1. The largest absolute Gasteiger partial charge is 0.383 e. The van der Waals surface area contributed by atoms with Gasteiger partial charge in [-0.05, 0) is 24.1 Å². The Kier molecular flexibility index (Phi) is 6.43. The van der Waals surface area contributed by atoms with E-state index in [9.17, 15) is 4.39 Å². The number of unbranched alkanes of at least 4 members (excludes halogenated alkanes) is 3. The molecule has 3 rings (SSSR count). The lowest BCUT2D eigenvalue weighted by Gasteiger charge is -2.12. The first-order valence-electron chi connectivity index (χ1n) is 9.50. The summed E-state index contributed by atoms with van der Waals surface area (Å²) in [6.45, 7) is 3.03. The van der Waals surface area contributed by atoms with Gasteiger partial charge in [-0.25, -0.2) is 19.8 Å². The molecule has 0 spiro atoms. The molecule has 0 aliphatic heterocycles. The number of halogens is 1. The Morgan fingerprint density at radius 2 is 2.04 bits per heavy atom. The van der Waals surface area contributed by atoms with Crippen molar-refractivity contribution in [3.8, 4) is 11.1 Å². The zero-order valence-electron chi connectivity index (χ0n) is 16.6. The summed E-state index contributed by atoms with van der Waals surface area (Å²) >= 11 is 0. The molecule has 8 heteroatoms. The number of hydroxylamine groups is 2. The van der Waals surface area contributed by atoms with Crippen LogP contribution in [0.4, 0.5) is 15.9 Å². The van der Waals surface area contributed by atoms with Crippen LogP contribution in [0.3, 0.4) is 0 Å². The van der Waals surface area contributed by atoms with Gasteiger partial charge in [0.15, 0.2) is 0 Å². The Balaban J connectivity index is 1.95. The van der Waals surface area contributed by atoms with Crippen molar-refractivity contribution in [1.82, 2.24) is 19.6 Å². The van der Waals surface area contributed by atoms with Gasteiger partial charge in [0.1, 0.15) is 23.6 Å². The van der Waals surface area contributed by atoms with Crippen molar-refractivity contribution in [1.29, 1.82) is 0 Å². The van der Waals surface area contributed by atoms with E-state index >= 15 is 0 Å². The highest BCUT2D eigenvalue weighted by Crippen LogP contribution is 2.34. The predicted molar refractivity (Wildman–Crippen MR) is 110 cm³/mol. The molecule has 7 nitrogen and oxygen atoms in total. The van der Waals surface area contributed by atoms with Crippen molar-refractivity contribution < 1.29 is 9.33 Å². The van der Waals surface area contributed by atoms with Gasteiger partial charge in [-0.3, -0.25) is 0 Å². The van der Waals surface area contributed by atoms with Crippen LogP contribution in [0, 0.1) is 5.82 Å². The van der Waals surface area contributed by atoms with Gasteiger partial charge in [-0.1, -0.05) is 32.3 Å². The molecule has 3 aromatic rings. The maximum absolute atomic E-state index is 14.6. The summed E-state index contributed by atoms with van der Waals surface area (Å²) in [7, 11) is 3.41. The smallest absolute Gasteiger partial charge is 0.149 e. The van der Waals surface area contributed by atoms with E-state index in [4.69, 9.17) is 10.7 Å². The molecule has 0 saturated heterocycles. The van der Waals surface area contributed by atoms with Crippen LogP contribution in [0.2, 0.25) is 0 Å². The molecule has 2 aromatic heterocycles. The molecule has 0 aliphatic rings. The van der Waals surface area contributed by atoms with Gasteiger partial charge in [0, 0.05) is 32.4 Å². The van der Waals surface area contributed by atoms with Crippen LogP contribution >= 0.6 is 0 Å². The van der Waals surface area contributed by atoms with Crippen LogP contribution < -0.4 is 11.2 Å². The molecule has 1 aromatic carbocycles. The lowest BCUT2D eigenvalue weighted by Crippen LogP contribution is -2.17. The van der Waals surface area contributed by atoms with Crippen molar-refractivity contribution in [2.45, 2.75) is 39.2 Å². The van der Waals surface area contributed by atoms with Gasteiger partial charge in [0.25, 0.3) is 0 Å². The highest BCUT2D eigenvalue weighted by atomic mass is 19.1. The molecule has 0 amide bonds. The maximum atomic E-state index is 14.6. The monoisotopic (exact) mass is 386 g/mol. The molecule has 0 bridgehead atoms. The van der Waals surface area contributed by atoms with E-state index in [1.165, 1.54) is 30.3 Å². The topological polar surface area (TPSA) is 81.2 Å². The van der Waals surface area contributed by atoms with E-state index in [0.717, 1.165) is 36.0 Å². The van der Waals surface area contributed by atoms with Crippen LogP contribution in [0.25, 0.3) is 22.2 Å². The molecular weight excluding hydrogens is 359 g/mol. The van der Waals surface area contributed by atoms with Gasteiger partial charge in [0.2, 0.25) is 0 Å². The van der Waals surface area contributed by atoms with E-state index in [2.05, 4.69) is 26.9 Å². The van der Waals surface area contributed by atoms with Crippen molar-refractivity contribution >= 4 is 22.5 Å². The number of benzene rings is 1. The summed E-state index contributed by atoms with van der Waals surface area (Å²) in [5, 5.41) is 2.19. The van der Waals surface area contributed by atoms with E-state index in [1.807, 2.05) is 12.3 Å². The second-order valence-corrected chi connectivity index (χ2v) is 6.95. The summed E-state index contributed by atoms with van der Waals surface area (Å²) in [6, 6.07) is 4.93. The minimum atomic E-state index is -0.418. The number of rotatable bonds is 9. The van der Waals surface area contributed by atoms with Gasteiger partial charge in [-0.15, -0.1) is 0 Å². The average Bonchev–Trinajstić information content (AvgIpc) is 3.04. The summed E-state index contributed by atoms with van der Waals surface area (Å²) in [6.07, 6.45) is 8.06. The molecular formula is C20H27FN6O. The molecule has 0 atom stereocenters. The molecule has 0 unspecified atom stereocenters. The van der Waals surface area contributed by atoms with E-state index < -0.39 is 5.82 Å². The van der Waals surface area contributed by atoms with Gasteiger partial charge >= 0.3 is 0 Å². The molecule has 0 fully saturated rings. The second-order valence-electron chi connectivity index (χ2n) is 6.95. The summed E-state index contributed by atoms with van der Waals surface area (Å²) < 4.78 is 16.6. The van der Waals surface area contributed by atoms with Crippen LogP contribution in [-0.2, 0) is 11.5 Å². The van der Waals surface area contributed by atoms with E-state index in [1.54, 1.807) is 20.2 Å². The average molecular weight is 386 g/mol. The quantitative estimate of drug-likeness (QED) is 0.423. The lowest BCUT2D eigenvalue weighted by molar-refractivity contribution is -0.0871. The Hall–Kier alpha value is -2.71. The number of hydrogen-bond donors (Lipinski definition) is 2. The van der Waals surface area contributed by atoms with E-state index in [-0.39, 0.29) is 5.69 Å². The third-order valence-electron chi connectivity index (χ3n) is 4.55. The Labute approximate surface area is 164 Å². The Morgan fingerprint density at radius 1 is 1.21 bits per heavy atom. The molecule has 0 radical (unpaired) electrons. The molecule has 0 saturated carbocycles. The van der Waals surface area contributed by atoms with Crippen LogP contribution in [0.5, 0.6) is 0 Å². The van der Waals surface area contributed by atoms with Crippen molar-refractivity contribution in [3.05, 3.63) is 36.5 Å². The molecule has 3 N–H and O–H groups in total. The highest BCUT2D eigenvalue weighted by molar-refractivity contribution is 6.00. The number of aromatic nitrogens is 3. The molecule has 150 valence electrons. The summed E-state index contributed by atoms with van der Waals surface area (Å²) in [4.78, 5) is 13.7. The standard InChI is InChI=1S/C20H27FN6O/c1-4-5-6-7-10-27-12-15(18-19(22)23-13-24-20(18)27)14-8-9-17(16(21)11-14)25-28-26(2)3/h8-9,11-13,25H,4-7,10H2,1-3H3,(H2,22,23,24). The first kappa shape index (κ1) is 20.0. The maximum Gasteiger partial charge on any atom is 0.149 e. The normalized spacial score (nSPS) is 11.5. The number of nitrogens with one attached hydrogen (secondary N) is 1. The minimum Gasteiger partial charge on any atom is -0.383 e. The molecule has 2 heterocycles. The number of hydrogen-bond acceptors (Lipinski definition) is 6. The minimum absolute atomic E-state index is 0.255. The van der Waals surface area contributed by atoms with Crippen LogP contribution in [-0.4, -0.2) is 33.7 Å². The van der Waals surface area contributed by atoms with Gasteiger partial charge in [0.05, 0.1) is 11.1 Å². The zero-order valence-corrected chi connectivity index (χ0v) is 16.6. The fourth-order valence-corrected chi connectivity index (χ4v) is 3.15. The Bertz CT molecular complexity index is 940. The SMILES string of the molecule is CCCCCCn1cc(-c2ccc(NON(C)C)c(F)c2)c2c(N)ncnc21. The van der Waals surface area contributed by atoms with Crippen LogP contribution in [0.15, 0.2) is 30.7 Å². The van der Waals surface area contributed by atoms with Crippen molar-refractivity contribution in [2.24, 2.45) is 0 Å². The van der Waals surface area contributed by atoms with Crippen molar-refractivity contribution in [2.75, 3.05) is 25.3 Å². The number of nitrogens with zero attached hydrogens (tertiary/aromatic N) is 4. The number of fused-ring (bicyclic) bond motifs is 1. The fraction of sp³-hybridized carbons (Fsp3) is 0.400. The van der Waals surface area contributed by atoms with Gasteiger partial charge < -0.3 is 10.3 Å². The zero-order chi connectivity index (χ0) is 20.1. The number of nitrogens with two attached hydrogens (primary N) is 1. The lowest BCUT2D eigenvalue weighted by atomic mass is 10.1. The van der Waals surface area contributed by atoms with E-state index in [0.29, 0.717) is 11.4 Å². The summed E-state index contributed by atoms with van der Waals surface area (Å²) in [5.41, 5.74) is 11.3. The number of anilines is 2. The third-order valence-corrected chi connectivity index (χ3v) is 4.55. The molecule has 28 heavy (non-hydrogen) atoms. The third kappa shape index (κ3) is 4.40. The first-order chi connectivity index (χ1) is 13.5. The predicted octanol–water partition coefficient (Wildman–Crippen LogP) is 4.22. The van der Waals surface area contributed by atoms with Gasteiger partial charge in [-0.2, -0.15) is 10.0 Å². The Morgan fingerprint density at radius 3 is 2.75 bits per heavy atom. The summed E-state index contributed by atoms with van der Waals surface area (Å²) in [5.74, 6) is -0.0236. The number of nitrogen functional groups attached to an aromatic ring is 1. The fourth-order valence-electron chi connectivity index (χ4n) is 3.15. The molecule has 0 aliphatic carbocycles. The highest BCUT2D eigenvalue weighted by Gasteiger charge is 2.16. The van der Waals surface area contributed by atoms with Crippen molar-refractivity contribution in [3.63, 3.8) is 0 Å². The van der Waals surface area contributed by atoms with Crippen LogP contribution in [0.1, 0.15) is 32.6 Å².